The Hall–Kier alpha value is -2.12. The minimum atomic E-state index is -0.335. The molecule has 3 aliphatic heterocycles. The number of piperidine rings is 2. The molecule has 3 heterocycles. The fourth-order valence-corrected chi connectivity index (χ4v) is 4.66. The molecule has 0 saturated carbocycles. The van der Waals surface area contributed by atoms with E-state index in [9.17, 15) is 9.59 Å². The van der Waals surface area contributed by atoms with Crippen molar-refractivity contribution in [3.05, 3.63) is 23.8 Å². The molecule has 3 N–H and O–H groups in total. The lowest BCUT2D eigenvalue weighted by Gasteiger charge is -2.37. The van der Waals surface area contributed by atoms with Crippen LogP contribution in [0.4, 0.5) is 11.4 Å². The number of nitrogens with one attached hydrogen (secondary N) is 3. The topological polar surface area (TPSA) is 76.7 Å². The summed E-state index contributed by atoms with van der Waals surface area (Å²) < 4.78 is 0. The van der Waals surface area contributed by atoms with Gasteiger partial charge in [0.05, 0.1) is 0 Å². The highest BCUT2D eigenvalue weighted by Gasteiger charge is 2.27. The molecule has 1 aromatic rings. The number of amides is 2. The zero-order valence-corrected chi connectivity index (χ0v) is 17.4. The molecule has 1 atom stereocenters. The first-order valence-corrected chi connectivity index (χ1v) is 11.0. The van der Waals surface area contributed by atoms with Crippen molar-refractivity contribution in [1.29, 1.82) is 0 Å². The molecule has 2 amide bonds. The first-order valence-electron chi connectivity index (χ1n) is 11.0. The van der Waals surface area contributed by atoms with E-state index >= 15 is 0 Å². The highest BCUT2D eigenvalue weighted by molar-refractivity contribution is 6.01. The molecule has 158 valence electrons. The van der Waals surface area contributed by atoms with Gasteiger partial charge in [0.15, 0.2) is 0 Å². The monoisotopic (exact) mass is 399 g/mol. The largest absolute Gasteiger partial charge is 0.373 e. The number of hydrogen-bond acceptors (Lipinski definition) is 6. The number of carbonyl (C=O) groups is 2. The molecule has 1 unspecified atom stereocenters. The summed E-state index contributed by atoms with van der Waals surface area (Å²) in [4.78, 5) is 28.4. The van der Waals surface area contributed by atoms with Gasteiger partial charge in [-0.05, 0) is 55.9 Å². The molecule has 7 nitrogen and oxygen atoms in total. The third kappa shape index (κ3) is 5.08. The predicted octanol–water partition coefficient (Wildman–Crippen LogP) is 1.33. The number of nitrogens with zero attached hydrogens (tertiary/aromatic N) is 2. The average molecular weight is 400 g/mol. The van der Waals surface area contributed by atoms with Crippen molar-refractivity contribution in [2.24, 2.45) is 5.92 Å². The molecule has 0 radical (unpaired) electrons. The van der Waals surface area contributed by atoms with E-state index in [4.69, 9.17) is 0 Å². The van der Waals surface area contributed by atoms with Gasteiger partial charge in [-0.25, -0.2) is 0 Å². The van der Waals surface area contributed by atoms with Crippen LogP contribution in [0.2, 0.25) is 0 Å². The predicted molar refractivity (Wildman–Crippen MR) is 115 cm³/mol. The third-order valence-corrected chi connectivity index (χ3v) is 6.48. The van der Waals surface area contributed by atoms with E-state index in [2.05, 4.69) is 50.9 Å². The molecule has 3 aliphatic rings. The van der Waals surface area contributed by atoms with E-state index in [0.29, 0.717) is 12.8 Å². The van der Waals surface area contributed by atoms with Crippen molar-refractivity contribution in [1.82, 2.24) is 15.5 Å². The summed E-state index contributed by atoms with van der Waals surface area (Å²) in [6.45, 7) is 10.1. The fraction of sp³-hybridized carbons (Fsp3) is 0.636. The lowest BCUT2D eigenvalue weighted by Crippen LogP contribution is -2.47. The Balaban J connectivity index is 1.30. The molecule has 0 aliphatic carbocycles. The normalized spacial score (nSPS) is 24.4. The van der Waals surface area contributed by atoms with Gasteiger partial charge in [0, 0.05) is 63.6 Å². The highest BCUT2D eigenvalue weighted by Crippen LogP contribution is 2.28. The van der Waals surface area contributed by atoms with Gasteiger partial charge in [0.2, 0.25) is 11.8 Å². The Morgan fingerprint density at radius 2 is 1.83 bits per heavy atom. The first kappa shape index (κ1) is 20.2. The van der Waals surface area contributed by atoms with E-state index in [1.165, 1.54) is 38.2 Å². The molecule has 3 saturated heterocycles. The van der Waals surface area contributed by atoms with Crippen molar-refractivity contribution >= 4 is 23.2 Å². The molecular weight excluding hydrogens is 366 g/mol. The molecular formula is C22H33N5O2. The minimum Gasteiger partial charge on any atom is -0.373 e. The number of benzene rings is 1. The van der Waals surface area contributed by atoms with Crippen LogP contribution in [0.3, 0.4) is 0 Å². The summed E-state index contributed by atoms with van der Waals surface area (Å²) in [6.07, 6.45) is 3.44. The summed E-state index contributed by atoms with van der Waals surface area (Å²) in [7, 11) is 0. The minimum absolute atomic E-state index is 0.180. The Morgan fingerprint density at radius 3 is 2.52 bits per heavy atom. The zero-order valence-electron chi connectivity index (χ0n) is 17.4. The summed E-state index contributed by atoms with van der Waals surface area (Å²) in [5, 5.41) is 9.15. The standard InChI is InChI=1S/C22H33N5O2/c1-16-14-18(2-3-19(16)24-20-4-5-21(28)25-22(20)29)27-10-6-17(7-11-27)15-26-12-8-23-9-13-26/h2-3,14,17,20,23-24H,4-13,15H2,1H3,(H,25,28,29). The Kier molecular flexibility index (Phi) is 6.35. The Labute approximate surface area is 173 Å². The molecule has 0 aromatic heterocycles. The van der Waals surface area contributed by atoms with Gasteiger partial charge in [0.25, 0.3) is 0 Å². The summed E-state index contributed by atoms with van der Waals surface area (Å²) in [5.74, 6) is 0.399. The number of piperazine rings is 1. The molecule has 29 heavy (non-hydrogen) atoms. The number of hydrogen-bond donors (Lipinski definition) is 3. The smallest absolute Gasteiger partial charge is 0.249 e. The second-order valence-electron chi connectivity index (χ2n) is 8.63. The number of imide groups is 1. The van der Waals surface area contributed by atoms with Crippen LogP contribution in [0.25, 0.3) is 0 Å². The van der Waals surface area contributed by atoms with Crippen LogP contribution < -0.4 is 20.9 Å². The van der Waals surface area contributed by atoms with E-state index < -0.39 is 0 Å². The van der Waals surface area contributed by atoms with Gasteiger partial charge >= 0.3 is 0 Å². The lowest BCUT2D eigenvalue weighted by atomic mass is 9.95. The third-order valence-electron chi connectivity index (χ3n) is 6.48. The summed E-state index contributed by atoms with van der Waals surface area (Å²) >= 11 is 0. The van der Waals surface area contributed by atoms with Crippen LogP contribution in [0.15, 0.2) is 18.2 Å². The molecule has 7 heteroatoms. The quantitative estimate of drug-likeness (QED) is 0.649. The van der Waals surface area contributed by atoms with E-state index in [1.807, 2.05) is 0 Å². The zero-order chi connectivity index (χ0) is 20.2. The van der Waals surface area contributed by atoms with Gasteiger partial charge in [-0.15, -0.1) is 0 Å². The fourth-order valence-electron chi connectivity index (χ4n) is 4.66. The molecule has 1 aromatic carbocycles. The van der Waals surface area contributed by atoms with E-state index in [-0.39, 0.29) is 17.9 Å². The van der Waals surface area contributed by atoms with Crippen LogP contribution in [0, 0.1) is 12.8 Å². The van der Waals surface area contributed by atoms with Crippen molar-refractivity contribution in [2.75, 3.05) is 56.0 Å². The second kappa shape index (κ2) is 9.13. The SMILES string of the molecule is Cc1cc(N2CCC(CN3CCNCC3)CC2)ccc1NC1CCC(=O)NC1=O. The number of carbonyl (C=O) groups excluding carboxylic acids is 2. The number of aryl methyl sites for hydroxylation is 1. The Bertz CT molecular complexity index is 739. The maximum absolute atomic E-state index is 12.0. The van der Waals surface area contributed by atoms with Gasteiger partial charge in [-0.3, -0.25) is 14.9 Å². The van der Waals surface area contributed by atoms with Crippen molar-refractivity contribution in [2.45, 2.75) is 38.6 Å². The maximum atomic E-state index is 12.0. The molecule has 0 bridgehead atoms. The van der Waals surface area contributed by atoms with Crippen molar-refractivity contribution < 1.29 is 9.59 Å². The van der Waals surface area contributed by atoms with Crippen LogP contribution >= 0.6 is 0 Å². The van der Waals surface area contributed by atoms with Crippen molar-refractivity contribution in [3.63, 3.8) is 0 Å². The van der Waals surface area contributed by atoms with Crippen molar-refractivity contribution in [3.8, 4) is 0 Å². The summed E-state index contributed by atoms with van der Waals surface area (Å²) in [6, 6.07) is 6.10. The van der Waals surface area contributed by atoms with Gasteiger partial charge in [-0.1, -0.05) is 0 Å². The second-order valence-corrected chi connectivity index (χ2v) is 8.63. The number of rotatable bonds is 5. The van der Waals surface area contributed by atoms with Gasteiger partial charge in [0.1, 0.15) is 6.04 Å². The highest BCUT2D eigenvalue weighted by atomic mass is 16.2. The maximum Gasteiger partial charge on any atom is 0.249 e. The summed E-state index contributed by atoms with van der Waals surface area (Å²) in [5.41, 5.74) is 3.36. The lowest BCUT2D eigenvalue weighted by molar-refractivity contribution is -0.133. The van der Waals surface area contributed by atoms with Gasteiger partial charge < -0.3 is 20.4 Å². The first-order chi connectivity index (χ1) is 14.1. The molecule has 3 fully saturated rings. The average Bonchev–Trinajstić information content (AvgIpc) is 2.73. The number of anilines is 2. The van der Waals surface area contributed by atoms with Crippen LogP contribution in [-0.2, 0) is 9.59 Å². The van der Waals surface area contributed by atoms with E-state index in [0.717, 1.165) is 43.3 Å². The van der Waals surface area contributed by atoms with Crippen LogP contribution in [-0.4, -0.2) is 68.6 Å². The van der Waals surface area contributed by atoms with E-state index in [1.54, 1.807) is 0 Å². The van der Waals surface area contributed by atoms with Gasteiger partial charge in [-0.2, -0.15) is 0 Å². The van der Waals surface area contributed by atoms with Crippen LogP contribution in [0.5, 0.6) is 0 Å². The molecule has 4 rings (SSSR count). The Morgan fingerprint density at radius 1 is 1.07 bits per heavy atom. The van der Waals surface area contributed by atoms with Crippen LogP contribution in [0.1, 0.15) is 31.2 Å². The molecule has 0 spiro atoms.